The van der Waals surface area contributed by atoms with Gasteiger partial charge in [-0.25, -0.2) is 0 Å². The maximum Gasteiger partial charge on any atom is 0.155 e. The Morgan fingerprint density at radius 3 is 1.68 bits per heavy atom. The highest BCUT2D eigenvalue weighted by molar-refractivity contribution is 7.99. The van der Waals surface area contributed by atoms with Crippen molar-refractivity contribution in [3.63, 3.8) is 0 Å². The Hall–Kier alpha value is -0.450. The van der Waals surface area contributed by atoms with Gasteiger partial charge in [0.1, 0.15) is 15.8 Å². The molecule has 0 heterocycles. The number of rotatable bonds is 2. The number of phenols is 2. The van der Waals surface area contributed by atoms with Gasteiger partial charge in [-0.1, -0.05) is 58.2 Å². The minimum Gasteiger partial charge on any atom is -0.508 e. The Morgan fingerprint density at radius 2 is 1.21 bits per heavy atom. The molecular weight excluding hydrogens is 350 g/mol. The second kappa shape index (κ2) is 5.90. The van der Waals surface area contributed by atoms with Crippen molar-refractivity contribution in [3.8, 4) is 11.5 Å². The molecule has 0 saturated heterocycles. The molecule has 0 saturated carbocycles. The van der Waals surface area contributed by atoms with Crippen molar-refractivity contribution < 1.29 is 10.2 Å². The number of aromatic hydroxyl groups is 2. The second-order valence-electron chi connectivity index (χ2n) is 3.53. The van der Waals surface area contributed by atoms with Crippen molar-refractivity contribution in [1.82, 2.24) is 0 Å². The van der Waals surface area contributed by atoms with Gasteiger partial charge >= 0.3 is 0 Å². The van der Waals surface area contributed by atoms with E-state index in [1.165, 1.54) is 23.9 Å². The topological polar surface area (TPSA) is 40.5 Å². The predicted octanol–water partition coefficient (Wildman–Crippen LogP) is 5.86. The molecule has 0 amide bonds. The number of phenolic OH excluding ortho intramolecular Hbond substituents is 2. The predicted molar refractivity (Wildman–Crippen MR) is 80.4 cm³/mol. The van der Waals surface area contributed by atoms with Gasteiger partial charge in [-0.2, -0.15) is 0 Å². The van der Waals surface area contributed by atoms with E-state index in [1.807, 2.05) is 0 Å². The summed E-state index contributed by atoms with van der Waals surface area (Å²) in [4.78, 5) is 1.24. The first-order chi connectivity index (χ1) is 8.91. The van der Waals surface area contributed by atoms with Crippen LogP contribution in [0.4, 0.5) is 0 Å². The third kappa shape index (κ3) is 3.01. The van der Waals surface area contributed by atoms with Crippen LogP contribution in [0, 0.1) is 0 Å². The third-order valence-electron chi connectivity index (χ3n) is 2.26. The van der Waals surface area contributed by atoms with Gasteiger partial charge in [-0.05, 0) is 24.3 Å². The van der Waals surface area contributed by atoms with E-state index in [9.17, 15) is 10.2 Å². The SMILES string of the molecule is Oc1ccc(Sc2c(Cl)c(Cl)c(O)c(Cl)c2Cl)cc1. The lowest BCUT2D eigenvalue weighted by atomic mass is 10.3. The van der Waals surface area contributed by atoms with Crippen molar-refractivity contribution in [1.29, 1.82) is 0 Å². The summed E-state index contributed by atoms with van der Waals surface area (Å²) in [5.74, 6) is -0.184. The van der Waals surface area contributed by atoms with E-state index >= 15 is 0 Å². The first-order valence-electron chi connectivity index (χ1n) is 4.93. The maximum atomic E-state index is 9.62. The molecule has 0 spiro atoms. The Kier molecular flexibility index (Phi) is 4.64. The Morgan fingerprint density at radius 1 is 0.737 bits per heavy atom. The zero-order valence-electron chi connectivity index (χ0n) is 9.12. The molecule has 2 N–H and O–H groups in total. The van der Waals surface area contributed by atoms with Crippen LogP contribution in [-0.4, -0.2) is 10.2 Å². The number of benzene rings is 2. The van der Waals surface area contributed by atoms with Crippen LogP contribution < -0.4 is 0 Å². The van der Waals surface area contributed by atoms with Crippen molar-refractivity contribution >= 4 is 58.2 Å². The maximum absolute atomic E-state index is 9.62. The summed E-state index contributed by atoms with van der Waals surface area (Å²) in [6.07, 6.45) is 0. The van der Waals surface area contributed by atoms with Crippen LogP contribution in [0.1, 0.15) is 0 Å². The fraction of sp³-hybridized carbons (Fsp3) is 0. The molecule has 2 nitrogen and oxygen atoms in total. The highest BCUT2D eigenvalue weighted by Crippen LogP contribution is 2.50. The molecule has 100 valence electrons. The van der Waals surface area contributed by atoms with Crippen molar-refractivity contribution in [2.75, 3.05) is 0 Å². The van der Waals surface area contributed by atoms with Gasteiger partial charge in [0.2, 0.25) is 0 Å². The Labute approximate surface area is 133 Å². The van der Waals surface area contributed by atoms with E-state index in [0.717, 1.165) is 4.90 Å². The van der Waals surface area contributed by atoms with Gasteiger partial charge in [-0.15, -0.1) is 0 Å². The second-order valence-corrected chi connectivity index (χ2v) is 6.13. The number of halogens is 4. The van der Waals surface area contributed by atoms with Crippen LogP contribution in [0.25, 0.3) is 0 Å². The lowest BCUT2D eigenvalue weighted by Gasteiger charge is -2.11. The van der Waals surface area contributed by atoms with Crippen LogP contribution >= 0.6 is 58.2 Å². The monoisotopic (exact) mass is 354 g/mol. The summed E-state index contributed by atoms with van der Waals surface area (Å²) < 4.78 is 0. The molecule has 0 aromatic heterocycles. The van der Waals surface area contributed by atoms with E-state index in [1.54, 1.807) is 12.1 Å². The molecule has 7 heteroatoms. The van der Waals surface area contributed by atoms with E-state index in [0.29, 0.717) is 4.90 Å². The van der Waals surface area contributed by atoms with Crippen LogP contribution in [0.5, 0.6) is 11.5 Å². The summed E-state index contributed by atoms with van der Waals surface area (Å²) in [6.45, 7) is 0. The zero-order chi connectivity index (χ0) is 14.2. The average molecular weight is 356 g/mol. The van der Waals surface area contributed by atoms with E-state index in [2.05, 4.69) is 0 Å². The van der Waals surface area contributed by atoms with Gasteiger partial charge in [0.15, 0.2) is 5.75 Å². The molecule has 19 heavy (non-hydrogen) atoms. The summed E-state index contributed by atoms with van der Waals surface area (Å²) in [7, 11) is 0. The summed E-state index contributed by atoms with van der Waals surface area (Å²) in [5.41, 5.74) is 0. The Balaban J connectivity index is 2.48. The first kappa shape index (κ1) is 14.9. The van der Waals surface area contributed by atoms with Gasteiger partial charge < -0.3 is 10.2 Å². The smallest absolute Gasteiger partial charge is 0.155 e. The van der Waals surface area contributed by atoms with Crippen LogP contribution in [0.3, 0.4) is 0 Å². The summed E-state index contributed by atoms with van der Waals surface area (Å²) in [6, 6.07) is 6.46. The van der Waals surface area contributed by atoms with Crippen molar-refractivity contribution in [2.24, 2.45) is 0 Å². The van der Waals surface area contributed by atoms with Crippen LogP contribution in [0.15, 0.2) is 34.1 Å². The highest BCUT2D eigenvalue weighted by atomic mass is 35.5. The lowest BCUT2D eigenvalue weighted by Crippen LogP contribution is -1.83. The van der Waals surface area contributed by atoms with Gasteiger partial charge in [0.25, 0.3) is 0 Å². The molecule has 0 fully saturated rings. The quantitative estimate of drug-likeness (QED) is 0.662. The number of hydrogen-bond acceptors (Lipinski definition) is 3. The standard InChI is InChI=1S/C12H6Cl4O2S/c13-7-9(15)12(10(16)8(14)11(7)18)19-6-3-1-5(17)2-4-6/h1-4,17-18H. The molecule has 0 unspecified atom stereocenters. The van der Waals surface area contributed by atoms with E-state index < -0.39 is 0 Å². The molecule has 2 aromatic rings. The average Bonchev–Trinajstić information content (AvgIpc) is 2.41. The molecule has 2 aromatic carbocycles. The lowest BCUT2D eigenvalue weighted by molar-refractivity contribution is 0.474. The molecule has 0 aliphatic carbocycles. The largest absolute Gasteiger partial charge is 0.508 e. The normalized spacial score (nSPS) is 10.7. The van der Waals surface area contributed by atoms with Gasteiger partial charge in [0.05, 0.1) is 14.9 Å². The fourth-order valence-electron chi connectivity index (χ4n) is 1.32. The third-order valence-corrected chi connectivity index (χ3v) is 5.29. The van der Waals surface area contributed by atoms with E-state index in [4.69, 9.17) is 46.4 Å². The van der Waals surface area contributed by atoms with Crippen LogP contribution in [0.2, 0.25) is 20.1 Å². The molecule has 0 aliphatic heterocycles. The van der Waals surface area contributed by atoms with Gasteiger partial charge in [0, 0.05) is 4.90 Å². The van der Waals surface area contributed by atoms with Crippen molar-refractivity contribution in [3.05, 3.63) is 44.4 Å². The Bertz CT molecular complexity index is 600. The summed E-state index contributed by atoms with van der Waals surface area (Å²) in [5, 5.41) is 19.0. The molecule has 2 rings (SSSR count). The molecule has 0 bridgehead atoms. The minimum atomic E-state index is -0.339. The molecule has 0 radical (unpaired) electrons. The number of hydrogen-bond donors (Lipinski definition) is 2. The zero-order valence-corrected chi connectivity index (χ0v) is 13.0. The van der Waals surface area contributed by atoms with E-state index in [-0.39, 0.29) is 31.6 Å². The molecule has 0 atom stereocenters. The molecular formula is C12H6Cl4O2S. The van der Waals surface area contributed by atoms with Gasteiger partial charge in [-0.3, -0.25) is 0 Å². The first-order valence-corrected chi connectivity index (χ1v) is 7.26. The highest BCUT2D eigenvalue weighted by Gasteiger charge is 2.20. The van der Waals surface area contributed by atoms with Crippen molar-refractivity contribution in [2.45, 2.75) is 9.79 Å². The van der Waals surface area contributed by atoms with Crippen LogP contribution in [-0.2, 0) is 0 Å². The fourth-order valence-corrected chi connectivity index (χ4v) is 3.40. The summed E-state index contributed by atoms with van der Waals surface area (Å²) >= 11 is 25.1. The molecule has 0 aliphatic rings. The minimum absolute atomic E-state index is 0.0441.